The lowest BCUT2D eigenvalue weighted by Gasteiger charge is -2.22. The van der Waals surface area contributed by atoms with Gasteiger partial charge in [0.05, 0.1) is 6.42 Å². The first-order chi connectivity index (χ1) is 9.02. The molecule has 1 heterocycles. The van der Waals surface area contributed by atoms with E-state index in [1.807, 2.05) is 13.0 Å². The summed E-state index contributed by atoms with van der Waals surface area (Å²) >= 11 is 0. The number of hydrogen-bond donors (Lipinski definition) is 2. The maximum Gasteiger partial charge on any atom is 0.317 e. The highest BCUT2D eigenvalue weighted by molar-refractivity contribution is 5.75. The first-order valence-corrected chi connectivity index (χ1v) is 6.15. The number of aromatic nitrogens is 1. The predicted molar refractivity (Wildman–Crippen MR) is 70.6 cm³/mol. The molecule has 1 aromatic heterocycles. The van der Waals surface area contributed by atoms with E-state index in [0.29, 0.717) is 13.0 Å². The maximum atomic E-state index is 11.9. The summed E-state index contributed by atoms with van der Waals surface area (Å²) in [5.74, 6) is -0.915. The van der Waals surface area contributed by atoms with Crippen molar-refractivity contribution in [2.75, 3.05) is 7.05 Å². The summed E-state index contributed by atoms with van der Waals surface area (Å²) in [5.41, 5.74) is 0.923. The Morgan fingerprint density at radius 3 is 2.79 bits per heavy atom. The summed E-state index contributed by atoms with van der Waals surface area (Å²) in [6.45, 7) is 2.28. The van der Waals surface area contributed by atoms with Gasteiger partial charge in [-0.3, -0.25) is 9.78 Å². The van der Waals surface area contributed by atoms with Crippen LogP contribution >= 0.6 is 0 Å². The molecule has 0 aliphatic carbocycles. The number of carboxylic acids is 1. The highest BCUT2D eigenvalue weighted by Gasteiger charge is 2.16. The molecule has 0 spiro atoms. The maximum absolute atomic E-state index is 11.9. The van der Waals surface area contributed by atoms with Gasteiger partial charge in [-0.25, -0.2) is 4.79 Å². The molecule has 0 bridgehead atoms. The molecule has 2 amide bonds. The first kappa shape index (κ1) is 14.9. The van der Waals surface area contributed by atoms with Crippen LogP contribution in [0.5, 0.6) is 0 Å². The second kappa shape index (κ2) is 7.35. The smallest absolute Gasteiger partial charge is 0.317 e. The van der Waals surface area contributed by atoms with Gasteiger partial charge in [0.25, 0.3) is 0 Å². The van der Waals surface area contributed by atoms with E-state index in [1.165, 1.54) is 4.90 Å². The van der Waals surface area contributed by atoms with Crippen LogP contribution in [0.25, 0.3) is 0 Å². The SMILES string of the molecule is CCC(CC(=O)O)NC(=O)N(C)Cc1cccnc1. The minimum atomic E-state index is -0.915. The molecule has 6 nitrogen and oxygen atoms in total. The molecule has 2 N–H and O–H groups in total. The third-order valence-corrected chi connectivity index (χ3v) is 2.73. The van der Waals surface area contributed by atoms with E-state index in [2.05, 4.69) is 10.3 Å². The van der Waals surface area contributed by atoms with E-state index in [4.69, 9.17) is 5.11 Å². The topological polar surface area (TPSA) is 82.5 Å². The number of carboxylic acid groups (broad SMARTS) is 1. The van der Waals surface area contributed by atoms with Crippen LogP contribution in [0.4, 0.5) is 4.79 Å². The van der Waals surface area contributed by atoms with Crippen molar-refractivity contribution in [1.29, 1.82) is 0 Å². The Bertz CT molecular complexity index is 422. The number of urea groups is 1. The molecule has 19 heavy (non-hydrogen) atoms. The average Bonchev–Trinajstić information content (AvgIpc) is 2.38. The number of carbonyl (C=O) groups excluding carboxylic acids is 1. The van der Waals surface area contributed by atoms with E-state index in [9.17, 15) is 9.59 Å². The third-order valence-electron chi connectivity index (χ3n) is 2.73. The van der Waals surface area contributed by atoms with Crippen LogP contribution < -0.4 is 5.32 Å². The molecule has 6 heteroatoms. The quantitative estimate of drug-likeness (QED) is 0.816. The van der Waals surface area contributed by atoms with Gasteiger partial charge in [-0.15, -0.1) is 0 Å². The van der Waals surface area contributed by atoms with Crippen molar-refractivity contribution in [3.8, 4) is 0 Å². The number of rotatable bonds is 6. The molecule has 0 saturated carbocycles. The van der Waals surface area contributed by atoms with E-state index in [1.54, 1.807) is 25.5 Å². The van der Waals surface area contributed by atoms with Crippen molar-refractivity contribution >= 4 is 12.0 Å². The van der Waals surface area contributed by atoms with Gasteiger partial charge in [0.2, 0.25) is 0 Å². The zero-order valence-electron chi connectivity index (χ0n) is 11.2. The molecule has 0 aromatic carbocycles. The summed E-state index contributed by atoms with van der Waals surface area (Å²) in [6.07, 6.45) is 3.88. The molecule has 0 aliphatic rings. The normalized spacial score (nSPS) is 11.7. The van der Waals surface area contributed by atoms with Gasteiger partial charge in [-0.05, 0) is 18.1 Å². The largest absolute Gasteiger partial charge is 0.481 e. The number of nitrogens with one attached hydrogen (secondary N) is 1. The van der Waals surface area contributed by atoms with Crippen molar-refractivity contribution in [1.82, 2.24) is 15.2 Å². The Morgan fingerprint density at radius 2 is 2.26 bits per heavy atom. The third kappa shape index (κ3) is 5.37. The molecule has 1 rings (SSSR count). The minimum absolute atomic E-state index is 0.0665. The Hall–Kier alpha value is -2.11. The van der Waals surface area contributed by atoms with Gasteiger partial charge in [-0.1, -0.05) is 13.0 Å². The molecule has 1 unspecified atom stereocenters. The fourth-order valence-electron chi connectivity index (χ4n) is 1.63. The second-order valence-corrected chi connectivity index (χ2v) is 4.37. The fraction of sp³-hybridized carbons (Fsp3) is 0.462. The molecule has 0 fully saturated rings. The summed E-state index contributed by atoms with van der Waals surface area (Å²) in [7, 11) is 1.66. The Labute approximate surface area is 112 Å². The predicted octanol–water partition coefficient (Wildman–Crippen LogP) is 1.48. The lowest BCUT2D eigenvalue weighted by Crippen LogP contribution is -2.43. The van der Waals surface area contributed by atoms with Crippen LogP contribution in [0, 0.1) is 0 Å². The summed E-state index contributed by atoms with van der Waals surface area (Å²) < 4.78 is 0. The number of pyridine rings is 1. The van der Waals surface area contributed by atoms with Crippen LogP contribution in [0.1, 0.15) is 25.3 Å². The van der Waals surface area contributed by atoms with E-state index < -0.39 is 5.97 Å². The van der Waals surface area contributed by atoms with Crippen molar-refractivity contribution in [2.24, 2.45) is 0 Å². The number of carbonyl (C=O) groups is 2. The molecule has 0 radical (unpaired) electrons. The monoisotopic (exact) mass is 265 g/mol. The molecule has 0 saturated heterocycles. The zero-order valence-corrected chi connectivity index (χ0v) is 11.2. The van der Waals surface area contributed by atoms with Crippen molar-refractivity contribution in [3.63, 3.8) is 0 Å². The number of amides is 2. The van der Waals surface area contributed by atoms with E-state index in [0.717, 1.165) is 5.56 Å². The lowest BCUT2D eigenvalue weighted by atomic mass is 10.1. The summed E-state index contributed by atoms with van der Waals surface area (Å²) in [4.78, 5) is 28.0. The molecule has 1 aromatic rings. The van der Waals surface area contributed by atoms with E-state index >= 15 is 0 Å². The molecule has 1 atom stereocenters. The van der Waals surface area contributed by atoms with Gasteiger partial charge < -0.3 is 15.3 Å². The zero-order chi connectivity index (χ0) is 14.3. The van der Waals surface area contributed by atoms with Crippen LogP contribution in [0.2, 0.25) is 0 Å². The summed E-state index contributed by atoms with van der Waals surface area (Å²) in [5, 5.41) is 11.4. The van der Waals surface area contributed by atoms with Gasteiger partial charge in [-0.2, -0.15) is 0 Å². The average molecular weight is 265 g/mol. The van der Waals surface area contributed by atoms with Crippen LogP contribution in [0.15, 0.2) is 24.5 Å². The van der Waals surface area contributed by atoms with Gasteiger partial charge in [0.15, 0.2) is 0 Å². The van der Waals surface area contributed by atoms with Crippen molar-refractivity contribution in [3.05, 3.63) is 30.1 Å². The standard InChI is InChI=1S/C13H19N3O3/c1-3-11(7-12(17)18)15-13(19)16(2)9-10-5-4-6-14-8-10/h4-6,8,11H,3,7,9H2,1-2H3,(H,15,19)(H,17,18). The van der Waals surface area contributed by atoms with Gasteiger partial charge in [0, 0.05) is 32.0 Å². The van der Waals surface area contributed by atoms with Crippen LogP contribution in [-0.4, -0.2) is 40.1 Å². The molecular weight excluding hydrogens is 246 g/mol. The lowest BCUT2D eigenvalue weighted by molar-refractivity contribution is -0.137. The highest BCUT2D eigenvalue weighted by Crippen LogP contribution is 2.03. The fourth-order valence-corrected chi connectivity index (χ4v) is 1.63. The minimum Gasteiger partial charge on any atom is -0.481 e. The molecule has 104 valence electrons. The van der Waals surface area contributed by atoms with Gasteiger partial charge >= 0.3 is 12.0 Å². The van der Waals surface area contributed by atoms with Crippen molar-refractivity contribution in [2.45, 2.75) is 32.4 Å². The van der Waals surface area contributed by atoms with Crippen LogP contribution in [-0.2, 0) is 11.3 Å². The Kier molecular flexibility index (Phi) is 5.78. The first-order valence-electron chi connectivity index (χ1n) is 6.15. The molecule has 0 aliphatic heterocycles. The highest BCUT2D eigenvalue weighted by atomic mass is 16.4. The summed E-state index contributed by atoms with van der Waals surface area (Å²) in [6, 6.07) is 3.06. The Morgan fingerprint density at radius 1 is 1.53 bits per heavy atom. The second-order valence-electron chi connectivity index (χ2n) is 4.37. The van der Waals surface area contributed by atoms with Crippen molar-refractivity contribution < 1.29 is 14.7 Å². The number of hydrogen-bond acceptors (Lipinski definition) is 3. The molecular formula is C13H19N3O3. The number of nitrogens with zero attached hydrogens (tertiary/aromatic N) is 2. The Balaban J connectivity index is 2.50. The number of aliphatic carboxylic acids is 1. The van der Waals surface area contributed by atoms with E-state index in [-0.39, 0.29) is 18.5 Å². The van der Waals surface area contributed by atoms with Gasteiger partial charge in [0.1, 0.15) is 0 Å². The van der Waals surface area contributed by atoms with Crippen LogP contribution in [0.3, 0.4) is 0 Å².